The Morgan fingerprint density at radius 2 is 1.73 bits per heavy atom. The van der Waals surface area contributed by atoms with Crippen LogP contribution in [-0.4, -0.2) is 9.97 Å². The van der Waals surface area contributed by atoms with Gasteiger partial charge in [-0.3, -0.25) is 0 Å². The van der Waals surface area contributed by atoms with Gasteiger partial charge in [-0.25, -0.2) is 9.97 Å². The lowest BCUT2D eigenvalue weighted by molar-refractivity contribution is 1.11. The Labute approximate surface area is 111 Å². The summed E-state index contributed by atoms with van der Waals surface area (Å²) >= 11 is 13.9. The van der Waals surface area contributed by atoms with Gasteiger partial charge in [0, 0.05) is 56.2 Å². The number of halogens is 3. The average molecular weight is 351 g/mol. The van der Waals surface area contributed by atoms with Gasteiger partial charge < -0.3 is 0 Å². The van der Waals surface area contributed by atoms with Crippen LogP contribution >= 0.6 is 45.8 Å². The van der Waals surface area contributed by atoms with Crippen LogP contribution in [0.25, 0.3) is 11.1 Å². The van der Waals surface area contributed by atoms with Crippen LogP contribution in [0.2, 0.25) is 10.0 Å². The third-order valence-corrected chi connectivity index (χ3v) is 2.97. The zero-order valence-corrected chi connectivity index (χ0v) is 11.1. The molecule has 15 heavy (non-hydrogen) atoms. The van der Waals surface area contributed by atoms with E-state index in [0.29, 0.717) is 13.9 Å². The Morgan fingerprint density at radius 3 is 2.33 bits per heavy atom. The van der Waals surface area contributed by atoms with E-state index in [0.717, 1.165) is 11.1 Å². The number of nitrogens with zero attached hydrogens (tertiary/aromatic N) is 2. The highest BCUT2D eigenvalue weighted by atomic mass is 127. The Kier molecular flexibility index (Phi) is 3.43. The third-order valence-electron chi connectivity index (χ3n) is 1.86. The minimum atomic E-state index is 0.604. The molecule has 2 rings (SSSR count). The molecule has 0 radical (unpaired) electrons. The number of hydrogen-bond acceptors (Lipinski definition) is 2. The molecular formula is C10H5Cl2IN2. The summed E-state index contributed by atoms with van der Waals surface area (Å²) in [6.07, 6.45) is 3.48. The first-order valence-corrected chi connectivity index (χ1v) is 5.93. The standard InChI is InChI=1S/C10H5Cl2IN2/c11-7-1-2-8(9(12)3-7)6-4-14-10(13)15-5-6/h1-5H. The number of benzene rings is 1. The van der Waals surface area contributed by atoms with E-state index >= 15 is 0 Å². The quantitative estimate of drug-likeness (QED) is 0.572. The van der Waals surface area contributed by atoms with Crippen molar-refractivity contribution < 1.29 is 0 Å². The van der Waals surface area contributed by atoms with Gasteiger partial charge in [0.15, 0.2) is 3.83 Å². The maximum atomic E-state index is 6.06. The van der Waals surface area contributed by atoms with E-state index in [4.69, 9.17) is 23.2 Å². The van der Waals surface area contributed by atoms with E-state index in [1.165, 1.54) is 0 Å². The second-order valence-electron chi connectivity index (χ2n) is 2.86. The summed E-state index contributed by atoms with van der Waals surface area (Å²) in [6.45, 7) is 0. The number of aromatic nitrogens is 2. The van der Waals surface area contributed by atoms with Crippen LogP contribution in [0.3, 0.4) is 0 Å². The zero-order chi connectivity index (χ0) is 10.8. The van der Waals surface area contributed by atoms with Gasteiger partial charge in [-0.05, 0) is 12.1 Å². The van der Waals surface area contributed by atoms with Gasteiger partial charge in [0.25, 0.3) is 0 Å². The van der Waals surface area contributed by atoms with E-state index in [1.54, 1.807) is 24.5 Å². The lowest BCUT2D eigenvalue weighted by atomic mass is 10.1. The molecule has 2 nitrogen and oxygen atoms in total. The van der Waals surface area contributed by atoms with Gasteiger partial charge in [0.1, 0.15) is 0 Å². The van der Waals surface area contributed by atoms with Crippen LogP contribution in [0.5, 0.6) is 0 Å². The minimum absolute atomic E-state index is 0.604. The molecule has 0 amide bonds. The van der Waals surface area contributed by atoms with Crippen molar-refractivity contribution in [3.05, 3.63) is 44.5 Å². The van der Waals surface area contributed by atoms with Crippen LogP contribution in [0, 0.1) is 3.83 Å². The summed E-state index contributed by atoms with van der Waals surface area (Å²) in [5, 5.41) is 1.22. The van der Waals surface area contributed by atoms with Crippen LogP contribution in [0.1, 0.15) is 0 Å². The molecule has 1 aromatic carbocycles. The largest absolute Gasteiger partial charge is 0.231 e. The molecular weight excluding hydrogens is 346 g/mol. The fourth-order valence-electron chi connectivity index (χ4n) is 1.17. The predicted octanol–water partition coefficient (Wildman–Crippen LogP) is 4.06. The van der Waals surface area contributed by atoms with Gasteiger partial charge in [-0.1, -0.05) is 29.3 Å². The lowest BCUT2D eigenvalue weighted by Crippen LogP contribution is -1.87. The van der Waals surface area contributed by atoms with Crippen LogP contribution in [0.4, 0.5) is 0 Å². The van der Waals surface area contributed by atoms with Crippen LogP contribution in [0.15, 0.2) is 30.6 Å². The number of hydrogen-bond donors (Lipinski definition) is 0. The highest BCUT2D eigenvalue weighted by Gasteiger charge is 2.04. The van der Waals surface area contributed by atoms with Gasteiger partial charge in [-0.15, -0.1) is 0 Å². The molecule has 0 saturated heterocycles. The maximum Gasteiger partial charge on any atom is 0.190 e. The van der Waals surface area contributed by atoms with E-state index in [2.05, 4.69) is 32.6 Å². The van der Waals surface area contributed by atoms with Crippen molar-refractivity contribution in [2.24, 2.45) is 0 Å². The molecule has 0 spiro atoms. The van der Waals surface area contributed by atoms with Crippen molar-refractivity contribution >= 4 is 45.8 Å². The first-order chi connectivity index (χ1) is 7.16. The van der Waals surface area contributed by atoms with E-state index in [1.807, 2.05) is 6.07 Å². The Bertz CT molecular complexity index is 485. The molecule has 0 unspecified atom stereocenters. The first-order valence-electron chi connectivity index (χ1n) is 4.10. The van der Waals surface area contributed by atoms with Gasteiger partial charge >= 0.3 is 0 Å². The summed E-state index contributed by atoms with van der Waals surface area (Å²) < 4.78 is 0.710. The SMILES string of the molecule is Clc1ccc(-c2cnc(I)nc2)c(Cl)c1. The van der Waals surface area contributed by atoms with Crippen molar-refractivity contribution in [2.45, 2.75) is 0 Å². The molecule has 0 aliphatic heterocycles. The lowest BCUT2D eigenvalue weighted by Gasteiger charge is -2.03. The molecule has 0 aliphatic carbocycles. The van der Waals surface area contributed by atoms with E-state index in [9.17, 15) is 0 Å². The van der Waals surface area contributed by atoms with Crippen molar-refractivity contribution in [1.29, 1.82) is 0 Å². The normalized spacial score (nSPS) is 10.3. The molecule has 1 heterocycles. The van der Waals surface area contributed by atoms with Crippen LogP contribution in [-0.2, 0) is 0 Å². The molecule has 0 fully saturated rings. The topological polar surface area (TPSA) is 25.8 Å². The van der Waals surface area contributed by atoms with E-state index in [-0.39, 0.29) is 0 Å². The van der Waals surface area contributed by atoms with Crippen molar-refractivity contribution in [1.82, 2.24) is 9.97 Å². The Balaban J connectivity index is 2.49. The maximum absolute atomic E-state index is 6.06. The molecule has 76 valence electrons. The van der Waals surface area contributed by atoms with Gasteiger partial charge in [0.05, 0.1) is 0 Å². The fourth-order valence-corrected chi connectivity index (χ4v) is 1.97. The minimum Gasteiger partial charge on any atom is -0.231 e. The second kappa shape index (κ2) is 4.63. The van der Waals surface area contributed by atoms with Crippen LogP contribution < -0.4 is 0 Å². The summed E-state index contributed by atoms with van der Waals surface area (Å²) in [5.74, 6) is 0. The van der Waals surface area contributed by atoms with Crippen molar-refractivity contribution in [2.75, 3.05) is 0 Å². The highest BCUT2D eigenvalue weighted by Crippen LogP contribution is 2.29. The molecule has 0 bridgehead atoms. The van der Waals surface area contributed by atoms with Gasteiger partial charge in [-0.2, -0.15) is 0 Å². The predicted molar refractivity (Wildman–Crippen MR) is 70.2 cm³/mol. The number of rotatable bonds is 1. The monoisotopic (exact) mass is 350 g/mol. The molecule has 0 N–H and O–H groups in total. The van der Waals surface area contributed by atoms with Crippen molar-refractivity contribution in [3.8, 4) is 11.1 Å². The smallest absolute Gasteiger partial charge is 0.190 e. The fraction of sp³-hybridized carbons (Fsp3) is 0. The second-order valence-corrected chi connectivity index (χ2v) is 4.67. The summed E-state index contributed by atoms with van der Waals surface area (Å²) in [7, 11) is 0. The molecule has 2 aromatic rings. The van der Waals surface area contributed by atoms with E-state index < -0.39 is 0 Å². The summed E-state index contributed by atoms with van der Waals surface area (Å²) in [4.78, 5) is 8.21. The van der Waals surface area contributed by atoms with Crippen molar-refractivity contribution in [3.63, 3.8) is 0 Å². The first kappa shape index (κ1) is 11.1. The average Bonchev–Trinajstić information content (AvgIpc) is 2.20. The van der Waals surface area contributed by atoms with Gasteiger partial charge in [0.2, 0.25) is 0 Å². The highest BCUT2D eigenvalue weighted by molar-refractivity contribution is 14.1. The molecule has 0 aliphatic rings. The molecule has 1 aromatic heterocycles. The molecule has 0 saturated carbocycles. The third kappa shape index (κ3) is 2.59. The Hall–Kier alpha value is -0.390. The Morgan fingerprint density at radius 1 is 1.07 bits per heavy atom. The summed E-state index contributed by atoms with van der Waals surface area (Å²) in [6, 6.07) is 5.35. The molecule has 0 atom stereocenters. The zero-order valence-electron chi connectivity index (χ0n) is 7.42. The summed E-state index contributed by atoms with van der Waals surface area (Å²) in [5.41, 5.74) is 1.77. The molecule has 5 heteroatoms.